The summed E-state index contributed by atoms with van der Waals surface area (Å²) in [6, 6.07) is 12.9. The number of halogens is 1. The van der Waals surface area contributed by atoms with E-state index in [1.165, 1.54) is 27.9 Å². The molecule has 158 valence electrons. The Balaban J connectivity index is 1.35. The first-order valence-corrected chi connectivity index (χ1v) is 9.89. The van der Waals surface area contributed by atoms with Crippen LogP contribution in [0.15, 0.2) is 63.9 Å². The Kier molecular flexibility index (Phi) is 4.67. The topological polar surface area (TPSA) is 115 Å². The van der Waals surface area contributed by atoms with Crippen LogP contribution < -0.4 is 10.5 Å². The summed E-state index contributed by atoms with van der Waals surface area (Å²) in [7, 11) is 0. The minimum absolute atomic E-state index is 0.0225. The van der Waals surface area contributed by atoms with Crippen LogP contribution in [0.3, 0.4) is 0 Å². The van der Waals surface area contributed by atoms with Crippen molar-refractivity contribution in [2.75, 3.05) is 4.90 Å². The van der Waals surface area contributed by atoms with E-state index in [0.29, 0.717) is 27.4 Å². The van der Waals surface area contributed by atoms with Gasteiger partial charge in [0, 0.05) is 16.5 Å². The lowest BCUT2D eigenvalue weighted by atomic mass is 10.1. The highest BCUT2D eigenvalue weighted by Gasteiger charge is 2.35. The number of fused-ring (bicyclic) bond motifs is 2. The normalized spacial score (nSPS) is 13.1. The van der Waals surface area contributed by atoms with Crippen molar-refractivity contribution in [3.05, 3.63) is 87.0 Å². The fraction of sp³-hybridized carbons (Fsp3) is 0.0909. The number of ketones is 2. The van der Waals surface area contributed by atoms with Crippen LogP contribution in [0.1, 0.15) is 26.4 Å². The SMILES string of the molecule is O=C1C(=O)N(Cc2cn(CC(=O)c3cc4ccc(Cl)cc4oc3=O)nn2)c2ccccc21. The molecule has 1 aliphatic heterocycles. The number of hydrogen-bond acceptors (Lipinski definition) is 7. The van der Waals surface area contributed by atoms with Gasteiger partial charge in [-0.1, -0.05) is 28.9 Å². The van der Waals surface area contributed by atoms with Gasteiger partial charge >= 0.3 is 5.63 Å². The summed E-state index contributed by atoms with van der Waals surface area (Å²) >= 11 is 5.90. The maximum atomic E-state index is 12.7. The Labute approximate surface area is 184 Å². The lowest BCUT2D eigenvalue weighted by Crippen LogP contribution is -2.29. The highest BCUT2D eigenvalue weighted by Crippen LogP contribution is 2.29. The summed E-state index contributed by atoms with van der Waals surface area (Å²) in [5.74, 6) is -1.73. The molecular weight excluding hydrogens is 436 g/mol. The van der Waals surface area contributed by atoms with Gasteiger partial charge in [-0.15, -0.1) is 5.10 Å². The number of aromatic nitrogens is 3. The number of carbonyl (C=O) groups excluding carboxylic acids is 3. The van der Waals surface area contributed by atoms with Gasteiger partial charge in [-0.3, -0.25) is 19.3 Å². The monoisotopic (exact) mass is 448 g/mol. The molecule has 2 aromatic heterocycles. The molecule has 9 nitrogen and oxygen atoms in total. The van der Waals surface area contributed by atoms with Crippen LogP contribution in [-0.4, -0.2) is 32.5 Å². The second-order valence-corrected chi connectivity index (χ2v) is 7.63. The molecule has 0 saturated carbocycles. The smallest absolute Gasteiger partial charge is 0.347 e. The van der Waals surface area contributed by atoms with Crippen molar-refractivity contribution in [1.82, 2.24) is 15.0 Å². The number of carbonyl (C=O) groups is 3. The fourth-order valence-electron chi connectivity index (χ4n) is 3.57. The van der Waals surface area contributed by atoms with Crippen LogP contribution in [-0.2, 0) is 17.9 Å². The van der Waals surface area contributed by atoms with Crippen LogP contribution in [0.4, 0.5) is 5.69 Å². The maximum Gasteiger partial charge on any atom is 0.347 e. The second-order valence-electron chi connectivity index (χ2n) is 7.20. The molecular formula is C22H13ClN4O5. The van der Waals surface area contributed by atoms with Gasteiger partial charge in [0.25, 0.3) is 11.7 Å². The van der Waals surface area contributed by atoms with E-state index in [1.54, 1.807) is 36.4 Å². The standard InChI is InChI=1S/C22H13ClN4O5/c23-13-6-5-12-7-16(22(31)32-19(12)8-13)18(28)11-26-9-14(24-25-26)10-27-17-4-2-1-3-15(17)20(29)21(27)30/h1-9H,10-11H2. The predicted octanol–water partition coefficient (Wildman–Crippen LogP) is 2.65. The predicted molar refractivity (Wildman–Crippen MR) is 114 cm³/mol. The Morgan fingerprint density at radius 1 is 1.06 bits per heavy atom. The molecule has 0 unspecified atom stereocenters. The molecule has 32 heavy (non-hydrogen) atoms. The number of anilines is 1. The van der Waals surface area contributed by atoms with E-state index in [-0.39, 0.29) is 24.2 Å². The van der Waals surface area contributed by atoms with E-state index in [0.717, 1.165) is 0 Å². The van der Waals surface area contributed by atoms with E-state index in [2.05, 4.69) is 10.3 Å². The van der Waals surface area contributed by atoms with E-state index < -0.39 is 23.1 Å². The first-order chi connectivity index (χ1) is 15.4. The molecule has 5 rings (SSSR count). The number of para-hydroxylation sites is 1. The molecule has 0 bridgehead atoms. The largest absolute Gasteiger partial charge is 0.422 e. The van der Waals surface area contributed by atoms with Gasteiger partial charge in [-0.05, 0) is 30.3 Å². The number of hydrogen-bond donors (Lipinski definition) is 0. The minimum Gasteiger partial charge on any atom is -0.422 e. The zero-order valence-electron chi connectivity index (χ0n) is 16.3. The number of rotatable bonds is 5. The van der Waals surface area contributed by atoms with Crippen LogP contribution in [0.5, 0.6) is 0 Å². The van der Waals surface area contributed by atoms with Crippen molar-refractivity contribution in [3.63, 3.8) is 0 Å². The Bertz CT molecular complexity index is 1490. The van der Waals surface area contributed by atoms with Crippen molar-refractivity contribution in [3.8, 4) is 0 Å². The molecule has 0 saturated heterocycles. The lowest BCUT2D eigenvalue weighted by Gasteiger charge is -2.14. The third-order valence-corrected chi connectivity index (χ3v) is 5.32. The van der Waals surface area contributed by atoms with Gasteiger partial charge in [0.15, 0.2) is 5.78 Å². The van der Waals surface area contributed by atoms with Gasteiger partial charge in [0.05, 0.1) is 24.0 Å². The van der Waals surface area contributed by atoms with Crippen molar-refractivity contribution in [2.24, 2.45) is 0 Å². The molecule has 2 aromatic carbocycles. The van der Waals surface area contributed by atoms with Gasteiger partial charge < -0.3 is 4.42 Å². The molecule has 0 spiro atoms. The molecule has 10 heteroatoms. The Morgan fingerprint density at radius 2 is 1.88 bits per heavy atom. The zero-order chi connectivity index (χ0) is 22.4. The van der Waals surface area contributed by atoms with Gasteiger partial charge in [-0.2, -0.15) is 0 Å². The van der Waals surface area contributed by atoms with E-state index >= 15 is 0 Å². The summed E-state index contributed by atoms with van der Waals surface area (Å²) in [5.41, 5.74) is 0.614. The highest BCUT2D eigenvalue weighted by atomic mass is 35.5. The first-order valence-electron chi connectivity index (χ1n) is 9.51. The molecule has 0 atom stereocenters. The van der Waals surface area contributed by atoms with E-state index in [4.69, 9.17) is 16.0 Å². The zero-order valence-corrected chi connectivity index (χ0v) is 17.1. The van der Waals surface area contributed by atoms with Crippen molar-refractivity contribution in [1.29, 1.82) is 0 Å². The summed E-state index contributed by atoms with van der Waals surface area (Å²) in [6.45, 7) is -0.227. The van der Waals surface area contributed by atoms with Gasteiger partial charge in [0.1, 0.15) is 23.4 Å². The summed E-state index contributed by atoms with van der Waals surface area (Å²) < 4.78 is 6.46. The van der Waals surface area contributed by atoms with Crippen LogP contribution >= 0.6 is 11.6 Å². The first kappa shape index (κ1) is 19.8. The quantitative estimate of drug-likeness (QED) is 0.262. The molecule has 1 amide bonds. The Hall–Kier alpha value is -4.11. The van der Waals surface area contributed by atoms with E-state index in [9.17, 15) is 19.2 Å². The van der Waals surface area contributed by atoms with Gasteiger partial charge in [0.2, 0.25) is 0 Å². The van der Waals surface area contributed by atoms with Crippen LogP contribution in [0.2, 0.25) is 5.02 Å². The van der Waals surface area contributed by atoms with Crippen molar-refractivity contribution in [2.45, 2.75) is 13.1 Å². The molecule has 3 heterocycles. The average molecular weight is 449 g/mol. The average Bonchev–Trinajstić information content (AvgIpc) is 3.31. The molecule has 4 aromatic rings. The molecule has 0 fully saturated rings. The van der Waals surface area contributed by atoms with E-state index in [1.807, 2.05) is 0 Å². The summed E-state index contributed by atoms with van der Waals surface area (Å²) in [6.07, 6.45) is 1.49. The third-order valence-electron chi connectivity index (χ3n) is 5.09. The second kappa shape index (κ2) is 7.54. The van der Waals surface area contributed by atoms with Crippen molar-refractivity contribution < 1.29 is 18.8 Å². The minimum atomic E-state index is -0.775. The third kappa shape index (κ3) is 3.38. The number of Topliss-reactive ketones (excluding diaryl/α,β-unsaturated/α-hetero) is 2. The number of benzene rings is 2. The molecule has 0 aliphatic carbocycles. The van der Waals surface area contributed by atoms with Crippen LogP contribution in [0, 0.1) is 0 Å². The number of nitrogens with zero attached hydrogens (tertiary/aromatic N) is 4. The number of amides is 1. The van der Waals surface area contributed by atoms with Crippen molar-refractivity contribution >= 4 is 45.7 Å². The van der Waals surface area contributed by atoms with Gasteiger partial charge in [-0.25, -0.2) is 9.48 Å². The molecule has 1 aliphatic rings. The maximum absolute atomic E-state index is 12.7. The summed E-state index contributed by atoms with van der Waals surface area (Å²) in [4.78, 5) is 50.7. The Morgan fingerprint density at radius 3 is 2.72 bits per heavy atom. The highest BCUT2D eigenvalue weighted by molar-refractivity contribution is 6.52. The fourth-order valence-corrected chi connectivity index (χ4v) is 3.73. The van der Waals surface area contributed by atoms with Crippen LogP contribution in [0.25, 0.3) is 11.0 Å². The summed E-state index contributed by atoms with van der Waals surface area (Å²) in [5, 5.41) is 8.86. The molecule has 0 radical (unpaired) electrons. The lowest BCUT2D eigenvalue weighted by molar-refractivity contribution is -0.114. The molecule has 0 N–H and O–H groups in total.